The van der Waals surface area contributed by atoms with Gasteiger partial charge in [-0.25, -0.2) is 0 Å². The van der Waals surface area contributed by atoms with E-state index in [2.05, 4.69) is 29.3 Å². The van der Waals surface area contributed by atoms with E-state index in [0.717, 1.165) is 25.9 Å². The lowest BCUT2D eigenvalue weighted by Gasteiger charge is -2.33. The van der Waals surface area contributed by atoms with Gasteiger partial charge in [0.05, 0.1) is 0 Å². The Hall–Kier alpha value is -2.04. The molecule has 2 rings (SSSR count). The van der Waals surface area contributed by atoms with E-state index in [1.807, 2.05) is 11.0 Å². The predicted molar refractivity (Wildman–Crippen MR) is 73.5 cm³/mol. The van der Waals surface area contributed by atoms with Gasteiger partial charge >= 0.3 is 0 Å². The SMILES string of the molecule is N=C(N=C(N)N)N1CCCC(c2ccccc2)C1. The Labute approximate surface area is 107 Å². The fraction of sp³-hybridized carbons (Fsp3) is 0.385. The highest BCUT2D eigenvalue weighted by atomic mass is 15.3. The Balaban J connectivity index is 2.05. The van der Waals surface area contributed by atoms with Crippen molar-refractivity contribution < 1.29 is 0 Å². The van der Waals surface area contributed by atoms with Gasteiger partial charge in [-0.05, 0) is 18.4 Å². The number of benzene rings is 1. The Morgan fingerprint density at radius 1 is 1.28 bits per heavy atom. The van der Waals surface area contributed by atoms with Gasteiger partial charge in [0.2, 0.25) is 5.96 Å². The number of rotatable bonds is 1. The summed E-state index contributed by atoms with van der Waals surface area (Å²) in [5.74, 6) is 0.562. The molecule has 0 spiro atoms. The number of aliphatic imine (C=N–C) groups is 1. The van der Waals surface area contributed by atoms with Crippen LogP contribution in [-0.2, 0) is 0 Å². The Morgan fingerprint density at radius 2 is 2.00 bits per heavy atom. The smallest absolute Gasteiger partial charge is 0.221 e. The first-order valence-corrected chi connectivity index (χ1v) is 6.15. The highest BCUT2D eigenvalue weighted by molar-refractivity contribution is 5.91. The first-order valence-electron chi connectivity index (χ1n) is 6.15. The summed E-state index contributed by atoms with van der Waals surface area (Å²) in [4.78, 5) is 5.74. The molecule has 1 atom stereocenters. The van der Waals surface area contributed by atoms with Gasteiger partial charge in [-0.15, -0.1) is 0 Å². The fourth-order valence-electron chi connectivity index (χ4n) is 2.36. The summed E-state index contributed by atoms with van der Waals surface area (Å²) in [5.41, 5.74) is 11.9. The molecule has 1 aliphatic heterocycles. The van der Waals surface area contributed by atoms with Gasteiger partial charge in [0.1, 0.15) is 0 Å². The topological polar surface area (TPSA) is 91.5 Å². The number of guanidine groups is 2. The van der Waals surface area contributed by atoms with Crippen LogP contribution in [0.15, 0.2) is 35.3 Å². The van der Waals surface area contributed by atoms with E-state index in [1.54, 1.807) is 0 Å². The standard InChI is InChI=1S/C13H19N5/c14-12(15)17-13(16)18-8-4-7-11(9-18)10-5-2-1-3-6-10/h1-3,5-6,11H,4,7-9H2,(H5,14,15,16,17). The van der Waals surface area contributed by atoms with Crippen molar-refractivity contribution in [3.63, 3.8) is 0 Å². The zero-order valence-corrected chi connectivity index (χ0v) is 10.3. The first-order chi connectivity index (χ1) is 8.66. The molecule has 5 heteroatoms. The van der Waals surface area contributed by atoms with Gasteiger partial charge < -0.3 is 16.4 Å². The van der Waals surface area contributed by atoms with Crippen LogP contribution in [0.5, 0.6) is 0 Å². The summed E-state index contributed by atoms with van der Waals surface area (Å²) in [6.07, 6.45) is 2.21. The van der Waals surface area contributed by atoms with Crippen molar-refractivity contribution >= 4 is 11.9 Å². The molecule has 1 heterocycles. The average Bonchev–Trinajstić information content (AvgIpc) is 2.39. The van der Waals surface area contributed by atoms with E-state index in [1.165, 1.54) is 5.56 Å². The largest absolute Gasteiger partial charge is 0.370 e. The molecule has 1 saturated heterocycles. The molecule has 18 heavy (non-hydrogen) atoms. The lowest BCUT2D eigenvalue weighted by Crippen LogP contribution is -2.39. The molecule has 1 aromatic carbocycles. The van der Waals surface area contributed by atoms with Crippen LogP contribution in [-0.4, -0.2) is 29.9 Å². The summed E-state index contributed by atoms with van der Waals surface area (Å²) in [7, 11) is 0. The van der Waals surface area contributed by atoms with E-state index in [-0.39, 0.29) is 11.9 Å². The molecular formula is C13H19N5. The minimum absolute atomic E-state index is 0.0539. The summed E-state index contributed by atoms with van der Waals surface area (Å²) in [5, 5.41) is 7.84. The maximum absolute atomic E-state index is 7.84. The zero-order chi connectivity index (χ0) is 13.0. The van der Waals surface area contributed by atoms with Crippen LogP contribution in [0.3, 0.4) is 0 Å². The summed E-state index contributed by atoms with van der Waals surface area (Å²) in [6, 6.07) is 10.4. The molecule has 0 radical (unpaired) electrons. The molecule has 1 aromatic rings. The fourth-order valence-corrected chi connectivity index (χ4v) is 2.36. The van der Waals surface area contributed by atoms with Crippen LogP contribution in [0.1, 0.15) is 24.3 Å². The van der Waals surface area contributed by atoms with Gasteiger partial charge in [0.25, 0.3) is 0 Å². The molecule has 0 bridgehead atoms. The zero-order valence-electron chi connectivity index (χ0n) is 10.3. The van der Waals surface area contributed by atoms with Crippen molar-refractivity contribution in [2.45, 2.75) is 18.8 Å². The number of nitrogens with two attached hydrogens (primary N) is 2. The summed E-state index contributed by atoms with van der Waals surface area (Å²) >= 11 is 0. The molecular weight excluding hydrogens is 226 g/mol. The van der Waals surface area contributed by atoms with Crippen LogP contribution in [0, 0.1) is 5.41 Å². The number of hydrogen-bond acceptors (Lipinski definition) is 1. The van der Waals surface area contributed by atoms with E-state index in [9.17, 15) is 0 Å². The highest BCUT2D eigenvalue weighted by Gasteiger charge is 2.22. The molecule has 0 aromatic heterocycles. The first kappa shape index (κ1) is 12.4. The maximum atomic E-state index is 7.84. The van der Waals surface area contributed by atoms with Crippen LogP contribution in [0.25, 0.3) is 0 Å². The minimum Gasteiger partial charge on any atom is -0.370 e. The third-order valence-corrected chi connectivity index (χ3v) is 3.23. The molecule has 0 amide bonds. The van der Waals surface area contributed by atoms with Gasteiger partial charge in [-0.3, -0.25) is 5.41 Å². The third kappa shape index (κ3) is 3.00. The number of hydrogen-bond donors (Lipinski definition) is 3. The second-order valence-corrected chi connectivity index (χ2v) is 4.56. The monoisotopic (exact) mass is 245 g/mol. The van der Waals surface area contributed by atoms with E-state index < -0.39 is 0 Å². The summed E-state index contributed by atoms with van der Waals surface area (Å²) in [6.45, 7) is 1.65. The summed E-state index contributed by atoms with van der Waals surface area (Å²) < 4.78 is 0. The van der Waals surface area contributed by atoms with Crippen LogP contribution in [0.4, 0.5) is 0 Å². The predicted octanol–water partition coefficient (Wildman–Crippen LogP) is 1.07. The van der Waals surface area contributed by atoms with Gasteiger partial charge in [-0.2, -0.15) is 4.99 Å². The van der Waals surface area contributed by atoms with E-state index >= 15 is 0 Å². The van der Waals surface area contributed by atoms with Crippen molar-refractivity contribution in [3.8, 4) is 0 Å². The molecule has 1 aliphatic rings. The molecule has 1 fully saturated rings. The molecule has 0 saturated carbocycles. The van der Waals surface area contributed by atoms with E-state index in [4.69, 9.17) is 16.9 Å². The van der Waals surface area contributed by atoms with Gasteiger partial charge in [-0.1, -0.05) is 30.3 Å². The molecule has 1 unspecified atom stereocenters. The highest BCUT2D eigenvalue weighted by Crippen LogP contribution is 2.26. The Kier molecular flexibility index (Phi) is 3.82. The lowest BCUT2D eigenvalue weighted by atomic mass is 9.91. The van der Waals surface area contributed by atoms with Crippen molar-refractivity contribution in [2.75, 3.05) is 13.1 Å². The van der Waals surface area contributed by atoms with Crippen LogP contribution in [0.2, 0.25) is 0 Å². The number of nitrogens with one attached hydrogen (secondary N) is 1. The normalized spacial score (nSPS) is 19.3. The molecule has 5 nitrogen and oxygen atoms in total. The maximum Gasteiger partial charge on any atom is 0.221 e. The average molecular weight is 245 g/mol. The second kappa shape index (κ2) is 5.53. The second-order valence-electron chi connectivity index (χ2n) is 4.56. The molecule has 0 aliphatic carbocycles. The minimum atomic E-state index is -0.0539. The lowest BCUT2D eigenvalue weighted by molar-refractivity contribution is 0.305. The van der Waals surface area contributed by atoms with Gasteiger partial charge in [0.15, 0.2) is 5.96 Å². The molecule has 96 valence electrons. The van der Waals surface area contributed by atoms with Crippen molar-refractivity contribution in [3.05, 3.63) is 35.9 Å². The number of piperidine rings is 1. The van der Waals surface area contributed by atoms with Crippen molar-refractivity contribution in [1.29, 1.82) is 5.41 Å². The Morgan fingerprint density at radius 3 is 2.67 bits per heavy atom. The number of likely N-dealkylation sites (tertiary alicyclic amines) is 1. The van der Waals surface area contributed by atoms with Crippen molar-refractivity contribution in [1.82, 2.24) is 4.90 Å². The van der Waals surface area contributed by atoms with Crippen LogP contribution < -0.4 is 11.5 Å². The van der Waals surface area contributed by atoms with Crippen molar-refractivity contribution in [2.24, 2.45) is 16.5 Å². The quantitative estimate of drug-likeness (QED) is 0.510. The van der Waals surface area contributed by atoms with Crippen LogP contribution >= 0.6 is 0 Å². The third-order valence-electron chi connectivity index (χ3n) is 3.23. The Bertz CT molecular complexity index is 436. The van der Waals surface area contributed by atoms with E-state index in [0.29, 0.717) is 5.92 Å². The molecule has 5 N–H and O–H groups in total. The number of nitrogens with zero attached hydrogens (tertiary/aromatic N) is 2. The van der Waals surface area contributed by atoms with Gasteiger partial charge in [0, 0.05) is 19.0 Å².